The Morgan fingerprint density at radius 2 is 1.92 bits per heavy atom. The molecule has 0 N–H and O–H groups in total. The Labute approximate surface area is 156 Å². The highest BCUT2D eigenvalue weighted by molar-refractivity contribution is 6.32. The summed E-state index contributed by atoms with van der Waals surface area (Å²) in [4.78, 5) is 12.4. The van der Waals surface area contributed by atoms with Crippen molar-refractivity contribution in [3.05, 3.63) is 58.1 Å². The summed E-state index contributed by atoms with van der Waals surface area (Å²) in [5.41, 5.74) is 2.08. The van der Waals surface area contributed by atoms with Crippen LogP contribution in [0.4, 0.5) is 0 Å². The van der Waals surface area contributed by atoms with Crippen LogP contribution in [0.25, 0.3) is 6.08 Å². The molecule has 2 aromatic carbocycles. The molecule has 2 heterocycles. The van der Waals surface area contributed by atoms with Gasteiger partial charge >= 0.3 is 5.97 Å². The fourth-order valence-electron chi connectivity index (χ4n) is 2.84. The van der Waals surface area contributed by atoms with Crippen molar-refractivity contribution in [1.29, 1.82) is 0 Å². The molecule has 0 unspecified atom stereocenters. The molecule has 0 aromatic heterocycles. The second-order valence-corrected chi connectivity index (χ2v) is 6.43. The van der Waals surface area contributed by atoms with E-state index in [0.29, 0.717) is 35.3 Å². The number of benzene rings is 2. The van der Waals surface area contributed by atoms with Gasteiger partial charge in [0.1, 0.15) is 19.0 Å². The second-order valence-electron chi connectivity index (χ2n) is 6.03. The quantitative estimate of drug-likeness (QED) is 0.762. The van der Waals surface area contributed by atoms with Gasteiger partial charge in [-0.3, -0.25) is 0 Å². The Hall–Kier alpha value is -2.66. The lowest BCUT2D eigenvalue weighted by molar-refractivity contribution is -0.140. The minimum absolute atomic E-state index is 0.0914. The fraction of sp³-hybridized carbons (Fsp3) is 0.250. The molecule has 0 radical (unpaired) electrons. The Bertz CT molecular complexity index is 875. The molecule has 0 spiro atoms. The van der Waals surface area contributed by atoms with Crippen LogP contribution in [0.15, 0.2) is 42.0 Å². The van der Waals surface area contributed by atoms with E-state index in [-0.39, 0.29) is 13.2 Å². The van der Waals surface area contributed by atoms with E-state index >= 15 is 0 Å². The lowest BCUT2D eigenvalue weighted by atomic mass is 10.1. The molecular weight excluding hydrogens is 356 g/mol. The average Bonchev–Trinajstić information content (AvgIpc) is 2.91. The lowest BCUT2D eigenvalue weighted by Crippen LogP contribution is -2.17. The lowest BCUT2D eigenvalue weighted by Gasteiger charge is -2.17. The predicted molar refractivity (Wildman–Crippen MR) is 96.8 cm³/mol. The first kappa shape index (κ1) is 16.8. The highest BCUT2D eigenvalue weighted by Gasteiger charge is 2.20. The number of rotatable bonds is 3. The molecule has 0 atom stereocenters. The maximum Gasteiger partial charge on any atom is 0.337 e. The van der Waals surface area contributed by atoms with Crippen LogP contribution >= 0.6 is 11.6 Å². The predicted octanol–water partition coefficient (Wildman–Crippen LogP) is 4.02. The number of ether oxygens (including phenoxy) is 4. The number of hydrogen-bond donors (Lipinski definition) is 0. The number of esters is 1. The SMILES string of the molecule is O=C(OCc1cc(Cl)c2c(c1)OCCCO2)C1=Cc2ccccc2OC1. The van der Waals surface area contributed by atoms with Crippen LogP contribution in [0.3, 0.4) is 0 Å². The average molecular weight is 373 g/mol. The zero-order chi connectivity index (χ0) is 17.9. The third-order valence-corrected chi connectivity index (χ3v) is 4.41. The summed E-state index contributed by atoms with van der Waals surface area (Å²) in [5, 5.41) is 0.449. The molecule has 26 heavy (non-hydrogen) atoms. The molecule has 134 valence electrons. The highest BCUT2D eigenvalue weighted by Crippen LogP contribution is 2.38. The van der Waals surface area contributed by atoms with Crippen LogP contribution in [0.2, 0.25) is 5.02 Å². The first-order valence-electron chi connectivity index (χ1n) is 8.38. The number of fused-ring (bicyclic) bond motifs is 2. The summed E-state index contributed by atoms with van der Waals surface area (Å²) in [7, 11) is 0. The summed E-state index contributed by atoms with van der Waals surface area (Å²) in [6.45, 7) is 1.42. The Morgan fingerprint density at radius 1 is 1.08 bits per heavy atom. The normalized spacial score (nSPS) is 15.2. The minimum Gasteiger partial charge on any atom is -0.489 e. The number of carbonyl (C=O) groups is 1. The number of para-hydroxylation sites is 1. The van der Waals surface area contributed by atoms with Crippen molar-refractivity contribution in [2.75, 3.05) is 19.8 Å². The molecule has 5 nitrogen and oxygen atoms in total. The zero-order valence-corrected chi connectivity index (χ0v) is 14.8. The number of carbonyl (C=O) groups excluding carboxylic acids is 1. The largest absolute Gasteiger partial charge is 0.489 e. The Kier molecular flexibility index (Phi) is 4.71. The Balaban J connectivity index is 1.46. The van der Waals surface area contributed by atoms with Crippen molar-refractivity contribution in [1.82, 2.24) is 0 Å². The van der Waals surface area contributed by atoms with Gasteiger partial charge in [-0.05, 0) is 29.8 Å². The van der Waals surface area contributed by atoms with Crippen molar-refractivity contribution in [2.24, 2.45) is 0 Å². The van der Waals surface area contributed by atoms with E-state index in [2.05, 4.69) is 0 Å². The Morgan fingerprint density at radius 3 is 2.85 bits per heavy atom. The summed E-state index contributed by atoms with van der Waals surface area (Å²) in [6, 6.07) is 11.1. The van der Waals surface area contributed by atoms with Crippen molar-refractivity contribution in [2.45, 2.75) is 13.0 Å². The van der Waals surface area contributed by atoms with Crippen LogP contribution in [-0.4, -0.2) is 25.8 Å². The van der Waals surface area contributed by atoms with E-state index < -0.39 is 5.97 Å². The first-order chi connectivity index (χ1) is 12.7. The van der Waals surface area contributed by atoms with Gasteiger partial charge in [0.2, 0.25) is 0 Å². The minimum atomic E-state index is -0.414. The molecule has 0 bridgehead atoms. The van der Waals surface area contributed by atoms with Crippen molar-refractivity contribution in [3.63, 3.8) is 0 Å². The van der Waals surface area contributed by atoms with Gasteiger partial charge < -0.3 is 18.9 Å². The van der Waals surface area contributed by atoms with Crippen molar-refractivity contribution >= 4 is 23.6 Å². The van der Waals surface area contributed by atoms with E-state index in [9.17, 15) is 4.79 Å². The fourth-order valence-corrected chi connectivity index (χ4v) is 3.13. The van der Waals surface area contributed by atoms with Gasteiger partial charge in [-0.2, -0.15) is 0 Å². The maximum atomic E-state index is 12.4. The summed E-state index contributed by atoms with van der Waals surface area (Å²) < 4.78 is 22.3. The molecule has 2 aliphatic heterocycles. The standard InChI is InChI=1S/C20H17ClO5/c21-16-8-13(9-18-19(16)24-7-3-6-23-18)11-26-20(22)15-10-14-4-1-2-5-17(14)25-12-15/h1-2,4-5,8-10H,3,6-7,11-12H2. The molecule has 4 rings (SSSR count). The van der Waals surface area contributed by atoms with Gasteiger partial charge in [0.15, 0.2) is 11.5 Å². The number of hydrogen-bond acceptors (Lipinski definition) is 5. The third kappa shape index (κ3) is 3.48. The summed E-state index contributed by atoms with van der Waals surface area (Å²) in [6.07, 6.45) is 2.59. The molecule has 0 fully saturated rings. The van der Waals surface area contributed by atoms with E-state index in [0.717, 1.165) is 23.3 Å². The van der Waals surface area contributed by atoms with E-state index in [1.54, 1.807) is 18.2 Å². The van der Waals surface area contributed by atoms with Crippen LogP contribution in [0.1, 0.15) is 17.5 Å². The third-order valence-electron chi connectivity index (χ3n) is 4.13. The van der Waals surface area contributed by atoms with Gasteiger partial charge in [0.05, 0.1) is 23.8 Å². The smallest absolute Gasteiger partial charge is 0.337 e. The van der Waals surface area contributed by atoms with E-state index in [4.69, 9.17) is 30.5 Å². The van der Waals surface area contributed by atoms with Crippen molar-refractivity contribution < 1.29 is 23.7 Å². The van der Waals surface area contributed by atoms with E-state index in [1.807, 2.05) is 24.3 Å². The van der Waals surface area contributed by atoms with Gasteiger partial charge in [-0.25, -0.2) is 4.79 Å². The topological polar surface area (TPSA) is 54.0 Å². The summed E-state index contributed by atoms with van der Waals surface area (Å²) >= 11 is 6.26. The second kappa shape index (κ2) is 7.30. The maximum absolute atomic E-state index is 12.4. The molecule has 0 amide bonds. The van der Waals surface area contributed by atoms with Crippen LogP contribution < -0.4 is 14.2 Å². The molecule has 6 heteroatoms. The molecule has 0 saturated carbocycles. The van der Waals surface area contributed by atoms with Gasteiger partial charge in [-0.1, -0.05) is 29.8 Å². The van der Waals surface area contributed by atoms with Gasteiger partial charge in [-0.15, -0.1) is 0 Å². The first-order valence-corrected chi connectivity index (χ1v) is 8.76. The molecule has 2 aromatic rings. The number of halogens is 1. The molecular formula is C20H17ClO5. The molecule has 2 aliphatic rings. The van der Waals surface area contributed by atoms with Gasteiger partial charge in [0.25, 0.3) is 0 Å². The summed E-state index contributed by atoms with van der Waals surface area (Å²) in [5.74, 6) is 1.47. The van der Waals surface area contributed by atoms with Crippen LogP contribution in [-0.2, 0) is 16.1 Å². The zero-order valence-electron chi connectivity index (χ0n) is 14.0. The van der Waals surface area contributed by atoms with E-state index in [1.165, 1.54) is 0 Å². The monoisotopic (exact) mass is 372 g/mol. The highest BCUT2D eigenvalue weighted by atomic mass is 35.5. The molecule has 0 aliphatic carbocycles. The van der Waals surface area contributed by atoms with Crippen LogP contribution in [0.5, 0.6) is 17.2 Å². The van der Waals surface area contributed by atoms with Crippen LogP contribution in [0, 0.1) is 0 Å². The van der Waals surface area contributed by atoms with Gasteiger partial charge in [0, 0.05) is 12.0 Å². The van der Waals surface area contributed by atoms with Crippen molar-refractivity contribution in [3.8, 4) is 17.2 Å². The molecule has 0 saturated heterocycles.